The van der Waals surface area contributed by atoms with Crippen molar-refractivity contribution in [3.05, 3.63) is 82.0 Å². The van der Waals surface area contributed by atoms with Gasteiger partial charge in [-0.3, -0.25) is 4.79 Å². The van der Waals surface area contributed by atoms with Gasteiger partial charge in [-0.2, -0.15) is 0 Å². The van der Waals surface area contributed by atoms with Gasteiger partial charge in [0.05, 0.1) is 31.6 Å². The van der Waals surface area contributed by atoms with Crippen LogP contribution in [0.25, 0.3) is 22.2 Å². The van der Waals surface area contributed by atoms with Gasteiger partial charge >= 0.3 is 0 Å². The van der Waals surface area contributed by atoms with E-state index >= 15 is 0 Å². The summed E-state index contributed by atoms with van der Waals surface area (Å²) in [5.74, 6) is 0. The van der Waals surface area contributed by atoms with E-state index in [4.69, 9.17) is 16.3 Å². The molecule has 0 amide bonds. The summed E-state index contributed by atoms with van der Waals surface area (Å²) < 4.78 is 7.14. The normalized spacial score (nSPS) is 14.4. The van der Waals surface area contributed by atoms with Crippen LogP contribution < -0.4 is 10.5 Å². The minimum Gasteiger partial charge on any atom is -0.378 e. The lowest BCUT2D eigenvalue weighted by Gasteiger charge is -2.28. The minimum atomic E-state index is -0.0471. The fourth-order valence-corrected chi connectivity index (χ4v) is 3.94. The first-order valence-corrected chi connectivity index (χ1v) is 10.3. The number of aromatic nitrogens is 3. The number of aromatic amines is 1. The number of morpholine rings is 1. The summed E-state index contributed by atoms with van der Waals surface area (Å²) >= 11 is 5.95. The number of H-pyrrole nitrogens is 1. The first kappa shape index (κ1) is 18.9. The van der Waals surface area contributed by atoms with Crippen molar-refractivity contribution in [2.45, 2.75) is 6.54 Å². The summed E-state index contributed by atoms with van der Waals surface area (Å²) in [6.07, 6.45) is 5.64. The zero-order valence-electron chi connectivity index (χ0n) is 16.3. The Labute approximate surface area is 178 Å². The van der Waals surface area contributed by atoms with Crippen molar-refractivity contribution in [3.63, 3.8) is 0 Å². The number of fused-ring (bicyclic) bond motifs is 1. The molecular formula is C23H21ClN4O2. The molecule has 0 unspecified atom stereocenters. The molecule has 0 bridgehead atoms. The fraction of sp³-hybridized carbons (Fsp3) is 0.217. The molecule has 152 valence electrons. The topological polar surface area (TPSA) is 63.1 Å². The maximum atomic E-state index is 12.7. The molecule has 7 heteroatoms. The molecule has 1 aliphatic heterocycles. The summed E-state index contributed by atoms with van der Waals surface area (Å²) in [5.41, 5.74) is 4.72. The van der Waals surface area contributed by atoms with Gasteiger partial charge in [-0.15, -0.1) is 0 Å². The van der Waals surface area contributed by atoms with Gasteiger partial charge in [0.25, 0.3) is 5.56 Å². The van der Waals surface area contributed by atoms with Crippen molar-refractivity contribution in [2.24, 2.45) is 0 Å². The van der Waals surface area contributed by atoms with E-state index in [2.05, 4.69) is 20.9 Å². The number of hydrogen-bond donors (Lipinski definition) is 1. The zero-order chi connectivity index (χ0) is 20.5. The molecule has 0 spiro atoms. The largest absolute Gasteiger partial charge is 0.378 e. The number of anilines is 1. The third-order valence-electron chi connectivity index (χ3n) is 5.47. The van der Waals surface area contributed by atoms with Gasteiger partial charge in [-0.1, -0.05) is 23.7 Å². The van der Waals surface area contributed by atoms with Crippen LogP contribution in [0.4, 0.5) is 5.69 Å². The number of hydrogen-bond acceptors (Lipinski definition) is 4. The van der Waals surface area contributed by atoms with E-state index in [0.717, 1.165) is 59.7 Å². The second-order valence-corrected chi connectivity index (χ2v) is 7.84. The van der Waals surface area contributed by atoms with E-state index in [1.54, 1.807) is 10.6 Å². The van der Waals surface area contributed by atoms with Crippen LogP contribution in [-0.2, 0) is 11.3 Å². The summed E-state index contributed by atoms with van der Waals surface area (Å²) in [5, 5.41) is 1.69. The van der Waals surface area contributed by atoms with Crippen LogP contribution in [0.15, 0.2) is 65.8 Å². The minimum absolute atomic E-state index is 0.0471. The van der Waals surface area contributed by atoms with Crippen LogP contribution in [0.2, 0.25) is 5.02 Å². The Morgan fingerprint density at radius 3 is 2.67 bits per heavy atom. The Balaban J connectivity index is 1.46. The van der Waals surface area contributed by atoms with Crippen LogP contribution in [0.5, 0.6) is 0 Å². The molecule has 4 aromatic rings. The highest BCUT2D eigenvalue weighted by Gasteiger charge is 2.15. The van der Waals surface area contributed by atoms with Gasteiger partial charge in [-0.05, 0) is 35.4 Å². The molecule has 0 aliphatic carbocycles. The van der Waals surface area contributed by atoms with Crippen molar-refractivity contribution < 1.29 is 4.74 Å². The average molecular weight is 421 g/mol. The van der Waals surface area contributed by atoms with Crippen molar-refractivity contribution in [1.82, 2.24) is 14.5 Å². The molecule has 1 saturated heterocycles. The lowest BCUT2D eigenvalue weighted by molar-refractivity contribution is 0.122. The second kappa shape index (κ2) is 7.97. The SMILES string of the molecule is O=c1cc(-c2c[nH]c3ncc(N4CCOCC4)cc23)ccn1Cc1ccc(Cl)cc1. The Bertz CT molecular complexity index is 1240. The van der Waals surface area contributed by atoms with Gasteiger partial charge < -0.3 is 19.2 Å². The predicted octanol–water partition coefficient (Wildman–Crippen LogP) is 3.93. The molecule has 0 saturated carbocycles. The Hall–Kier alpha value is -3.09. The van der Waals surface area contributed by atoms with E-state index in [9.17, 15) is 4.79 Å². The van der Waals surface area contributed by atoms with Gasteiger partial charge in [-0.25, -0.2) is 4.98 Å². The number of nitrogens with one attached hydrogen (secondary N) is 1. The predicted molar refractivity (Wildman–Crippen MR) is 119 cm³/mol. The standard InChI is InChI=1S/C23H21ClN4O2/c24-18-3-1-16(2-4-18)15-28-6-5-17(11-22(28)29)21-14-26-23-20(21)12-19(13-25-23)27-7-9-30-10-8-27/h1-6,11-14H,7-10,15H2,(H,25,26). The molecule has 1 aromatic carbocycles. The van der Waals surface area contributed by atoms with Crippen molar-refractivity contribution in [3.8, 4) is 11.1 Å². The Morgan fingerprint density at radius 1 is 1.10 bits per heavy atom. The van der Waals surface area contributed by atoms with Crippen molar-refractivity contribution in [1.29, 1.82) is 0 Å². The summed E-state index contributed by atoms with van der Waals surface area (Å²) in [4.78, 5) is 22.8. The quantitative estimate of drug-likeness (QED) is 0.543. The number of pyridine rings is 2. The average Bonchev–Trinajstić information content (AvgIpc) is 3.20. The Morgan fingerprint density at radius 2 is 1.90 bits per heavy atom. The maximum absolute atomic E-state index is 12.7. The molecule has 1 fully saturated rings. The molecule has 1 aliphatic rings. The zero-order valence-corrected chi connectivity index (χ0v) is 17.1. The van der Waals surface area contributed by atoms with Gasteiger partial charge in [0.2, 0.25) is 0 Å². The lowest BCUT2D eigenvalue weighted by Crippen LogP contribution is -2.36. The molecule has 5 rings (SSSR count). The van der Waals surface area contributed by atoms with Crippen LogP contribution in [-0.4, -0.2) is 40.8 Å². The van der Waals surface area contributed by atoms with Gasteiger partial charge in [0.15, 0.2) is 0 Å². The first-order valence-electron chi connectivity index (χ1n) is 9.92. The van der Waals surface area contributed by atoms with E-state index in [1.807, 2.05) is 48.9 Å². The highest BCUT2D eigenvalue weighted by Crippen LogP contribution is 2.30. The number of rotatable bonds is 4. The van der Waals surface area contributed by atoms with E-state index < -0.39 is 0 Å². The summed E-state index contributed by atoms with van der Waals surface area (Å²) in [6.45, 7) is 3.67. The molecule has 3 aromatic heterocycles. The highest BCUT2D eigenvalue weighted by molar-refractivity contribution is 6.30. The monoisotopic (exact) mass is 420 g/mol. The van der Waals surface area contributed by atoms with Crippen LogP contribution in [0.3, 0.4) is 0 Å². The number of ether oxygens (including phenoxy) is 1. The second-order valence-electron chi connectivity index (χ2n) is 7.40. The van der Waals surface area contributed by atoms with Crippen molar-refractivity contribution in [2.75, 3.05) is 31.2 Å². The molecule has 0 radical (unpaired) electrons. The van der Waals surface area contributed by atoms with Gasteiger partial charge in [0, 0.05) is 47.5 Å². The molecule has 6 nitrogen and oxygen atoms in total. The third kappa shape index (κ3) is 3.72. The summed E-state index contributed by atoms with van der Waals surface area (Å²) in [6, 6.07) is 13.3. The number of benzene rings is 1. The highest BCUT2D eigenvalue weighted by atomic mass is 35.5. The molecule has 30 heavy (non-hydrogen) atoms. The number of halogens is 1. The fourth-order valence-electron chi connectivity index (χ4n) is 3.82. The molecule has 0 atom stereocenters. The maximum Gasteiger partial charge on any atom is 0.251 e. The van der Waals surface area contributed by atoms with Crippen LogP contribution in [0, 0.1) is 0 Å². The van der Waals surface area contributed by atoms with E-state index in [-0.39, 0.29) is 5.56 Å². The summed E-state index contributed by atoms with van der Waals surface area (Å²) in [7, 11) is 0. The van der Waals surface area contributed by atoms with Crippen LogP contribution in [0.1, 0.15) is 5.56 Å². The number of nitrogens with zero attached hydrogens (tertiary/aromatic N) is 3. The van der Waals surface area contributed by atoms with Gasteiger partial charge in [0.1, 0.15) is 5.65 Å². The van der Waals surface area contributed by atoms with Crippen LogP contribution >= 0.6 is 11.6 Å². The van der Waals surface area contributed by atoms with E-state index in [0.29, 0.717) is 11.6 Å². The van der Waals surface area contributed by atoms with E-state index in [1.165, 1.54) is 0 Å². The molecule has 4 heterocycles. The third-order valence-corrected chi connectivity index (χ3v) is 5.72. The Kier molecular flexibility index (Phi) is 5.02. The first-order chi connectivity index (χ1) is 14.7. The molecule has 1 N–H and O–H groups in total. The van der Waals surface area contributed by atoms with Crippen molar-refractivity contribution >= 4 is 28.3 Å². The molecular weight excluding hydrogens is 400 g/mol. The smallest absolute Gasteiger partial charge is 0.251 e. The lowest BCUT2D eigenvalue weighted by atomic mass is 10.1.